The molecule has 0 saturated carbocycles. The van der Waals surface area contributed by atoms with Gasteiger partial charge in [-0.25, -0.2) is 12.7 Å². The quantitative estimate of drug-likeness (QED) is 0.551. The van der Waals surface area contributed by atoms with Gasteiger partial charge in [0, 0.05) is 34.7 Å². The van der Waals surface area contributed by atoms with Crippen molar-refractivity contribution in [2.75, 3.05) is 25.0 Å². The van der Waals surface area contributed by atoms with E-state index in [1.54, 1.807) is 42.5 Å². The highest BCUT2D eigenvalue weighted by Crippen LogP contribution is 2.27. The number of hydrogen-bond donors (Lipinski definition) is 1. The van der Waals surface area contributed by atoms with E-state index in [1.807, 2.05) is 0 Å². The number of carbonyl (C=O) groups excluding carboxylic acids is 1. The summed E-state index contributed by atoms with van der Waals surface area (Å²) in [6, 6.07) is 11.9. The third kappa shape index (κ3) is 6.46. The van der Waals surface area contributed by atoms with Crippen molar-refractivity contribution in [3.8, 4) is 5.75 Å². The van der Waals surface area contributed by atoms with Crippen molar-refractivity contribution in [1.29, 1.82) is 0 Å². The van der Waals surface area contributed by atoms with E-state index in [1.165, 1.54) is 10.4 Å². The second-order valence-electron chi connectivity index (χ2n) is 7.28. The summed E-state index contributed by atoms with van der Waals surface area (Å²) in [5, 5.41) is 3.67. The van der Waals surface area contributed by atoms with E-state index in [-0.39, 0.29) is 17.6 Å². The highest BCUT2D eigenvalue weighted by atomic mass is 35.5. The van der Waals surface area contributed by atoms with Crippen LogP contribution in [0.2, 0.25) is 10.0 Å². The third-order valence-electron chi connectivity index (χ3n) is 5.06. The number of sulfonamides is 1. The molecule has 0 radical (unpaired) electrons. The van der Waals surface area contributed by atoms with Gasteiger partial charge in [0.2, 0.25) is 15.9 Å². The fourth-order valence-electron chi connectivity index (χ4n) is 3.36. The fourth-order valence-corrected chi connectivity index (χ4v) is 5.51. The van der Waals surface area contributed by atoms with Gasteiger partial charge in [0.1, 0.15) is 12.4 Å². The lowest BCUT2D eigenvalue weighted by Gasteiger charge is -2.30. The van der Waals surface area contributed by atoms with Gasteiger partial charge in [0.15, 0.2) is 0 Å². The normalized spacial score (nSPS) is 15.4. The minimum absolute atomic E-state index is 0.113. The highest BCUT2D eigenvalue weighted by Gasteiger charge is 2.31. The standard InChI is InChI=1S/C22H24Cl2N2O4S/c1-2-13-30-20-7-5-19(6-8-20)25-22(27)16-9-11-26(12-10-16)31(28,29)15-17-3-4-18(23)14-21(17)24/h2-8,14,16H,1,9-13,15H2,(H,25,27). The number of carbonyl (C=O) groups is 1. The third-order valence-corrected chi connectivity index (χ3v) is 7.48. The van der Waals surface area contributed by atoms with Gasteiger partial charge in [-0.1, -0.05) is 41.9 Å². The van der Waals surface area contributed by atoms with E-state index in [0.717, 1.165) is 0 Å². The van der Waals surface area contributed by atoms with Crippen LogP contribution in [0, 0.1) is 5.92 Å². The Labute approximate surface area is 192 Å². The molecule has 0 spiro atoms. The fraction of sp³-hybridized carbons (Fsp3) is 0.318. The first-order valence-corrected chi connectivity index (χ1v) is 12.2. The van der Waals surface area contributed by atoms with Crippen LogP contribution in [-0.4, -0.2) is 38.3 Å². The molecule has 31 heavy (non-hydrogen) atoms. The number of halogens is 2. The first kappa shape index (κ1) is 23.6. The molecule has 1 amide bonds. The average molecular weight is 483 g/mol. The monoisotopic (exact) mass is 482 g/mol. The number of anilines is 1. The minimum atomic E-state index is -3.54. The molecule has 2 aromatic carbocycles. The van der Waals surface area contributed by atoms with Crippen LogP contribution in [0.3, 0.4) is 0 Å². The molecule has 0 aromatic heterocycles. The first-order chi connectivity index (χ1) is 14.8. The first-order valence-electron chi connectivity index (χ1n) is 9.85. The number of piperidine rings is 1. The molecule has 0 atom stereocenters. The molecular formula is C22H24Cl2N2O4S. The van der Waals surface area contributed by atoms with Crippen LogP contribution in [0.1, 0.15) is 18.4 Å². The van der Waals surface area contributed by atoms with Gasteiger partial charge >= 0.3 is 0 Å². The summed E-state index contributed by atoms with van der Waals surface area (Å²) in [5.74, 6) is 0.136. The lowest BCUT2D eigenvalue weighted by Crippen LogP contribution is -2.41. The van der Waals surface area contributed by atoms with E-state index in [4.69, 9.17) is 27.9 Å². The predicted molar refractivity (Wildman–Crippen MR) is 124 cm³/mol. The summed E-state index contributed by atoms with van der Waals surface area (Å²) in [5.41, 5.74) is 1.18. The molecule has 0 aliphatic carbocycles. The summed E-state index contributed by atoms with van der Waals surface area (Å²) >= 11 is 12.0. The van der Waals surface area contributed by atoms with E-state index < -0.39 is 10.0 Å². The molecule has 2 aromatic rings. The Kier molecular flexibility index (Phi) is 8.00. The Bertz CT molecular complexity index is 1030. The zero-order chi connectivity index (χ0) is 22.4. The lowest BCUT2D eigenvalue weighted by atomic mass is 9.97. The summed E-state index contributed by atoms with van der Waals surface area (Å²) < 4.78 is 32.4. The topological polar surface area (TPSA) is 75.7 Å². The Morgan fingerprint density at radius 2 is 1.84 bits per heavy atom. The van der Waals surface area contributed by atoms with Gasteiger partial charge in [-0.15, -0.1) is 0 Å². The molecule has 1 heterocycles. The van der Waals surface area contributed by atoms with Crippen LogP contribution in [0.25, 0.3) is 0 Å². The van der Waals surface area contributed by atoms with Gasteiger partial charge in [0.25, 0.3) is 0 Å². The maximum atomic E-state index is 12.8. The maximum Gasteiger partial charge on any atom is 0.227 e. The Morgan fingerprint density at radius 1 is 1.16 bits per heavy atom. The molecule has 0 bridgehead atoms. The predicted octanol–water partition coefficient (Wildman–Crippen LogP) is 4.74. The van der Waals surface area contributed by atoms with Crippen molar-refractivity contribution < 1.29 is 17.9 Å². The van der Waals surface area contributed by atoms with Crippen molar-refractivity contribution in [2.45, 2.75) is 18.6 Å². The van der Waals surface area contributed by atoms with Crippen LogP contribution < -0.4 is 10.1 Å². The van der Waals surface area contributed by atoms with Crippen molar-refractivity contribution >= 4 is 44.8 Å². The maximum absolute atomic E-state index is 12.8. The summed E-state index contributed by atoms with van der Waals surface area (Å²) in [4.78, 5) is 12.6. The number of nitrogens with one attached hydrogen (secondary N) is 1. The van der Waals surface area contributed by atoms with E-state index in [2.05, 4.69) is 11.9 Å². The zero-order valence-corrected chi connectivity index (χ0v) is 19.2. The summed E-state index contributed by atoms with van der Waals surface area (Å²) in [6.07, 6.45) is 2.58. The summed E-state index contributed by atoms with van der Waals surface area (Å²) in [7, 11) is -3.54. The largest absolute Gasteiger partial charge is 0.490 e. The van der Waals surface area contributed by atoms with Gasteiger partial charge in [-0.2, -0.15) is 0 Å². The number of rotatable bonds is 8. The van der Waals surface area contributed by atoms with Crippen LogP contribution in [-0.2, 0) is 20.6 Å². The van der Waals surface area contributed by atoms with Crippen molar-refractivity contribution in [3.05, 3.63) is 70.7 Å². The Morgan fingerprint density at radius 3 is 2.45 bits per heavy atom. The number of nitrogens with zero attached hydrogens (tertiary/aromatic N) is 1. The van der Waals surface area contributed by atoms with Crippen molar-refractivity contribution in [2.24, 2.45) is 5.92 Å². The summed E-state index contributed by atoms with van der Waals surface area (Å²) in [6.45, 7) is 4.60. The molecule has 1 aliphatic heterocycles. The van der Waals surface area contributed by atoms with Gasteiger partial charge in [-0.05, 0) is 54.8 Å². The van der Waals surface area contributed by atoms with Gasteiger partial charge in [0.05, 0.1) is 5.75 Å². The molecule has 1 fully saturated rings. The minimum Gasteiger partial charge on any atom is -0.490 e. The number of hydrogen-bond acceptors (Lipinski definition) is 4. The van der Waals surface area contributed by atoms with Crippen LogP contribution >= 0.6 is 23.2 Å². The van der Waals surface area contributed by atoms with Crippen LogP contribution in [0.15, 0.2) is 55.1 Å². The molecule has 3 rings (SSSR count). The highest BCUT2D eigenvalue weighted by molar-refractivity contribution is 7.88. The van der Waals surface area contributed by atoms with Crippen molar-refractivity contribution in [1.82, 2.24) is 4.31 Å². The molecule has 0 unspecified atom stereocenters. The molecule has 9 heteroatoms. The van der Waals surface area contributed by atoms with Gasteiger partial charge in [-0.3, -0.25) is 4.79 Å². The second kappa shape index (κ2) is 10.5. The Hall–Kier alpha value is -2.06. The number of ether oxygens (including phenoxy) is 1. The molecule has 1 aliphatic rings. The number of benzene rings is 2. The van der Waals surface area contributed by atoms with Crippen LogP contribution in [0.4, 0.5) is 5.69 Å². The second-order valence-corrected chi connectivity index (χ2v) is 10.1. The van der Waals surface area contributed by atoms with Crippen molar-refractivity contribution in [3.63, 3.8) is 0 Å². The van der Waals surface area contributed by atoms with E-state index in [0.29, 0.717) is 59.6 Å². The Balaban J connectivity index is 1.53. The molecule has 166 valence electrons. The zero-order valence-electron chi connectivity index (χ0n) is 16.9. The molecule has 6 nitrogen and oxygen atoms in total. The molecule has 1 N–H and O–H groups in total. The average Bonchev–Trinajstić information content (AvgIpc) is 2.75. The van der Waals surface area contributed by atoms with E-state index >= 15 is 0 Å². The van der Waals surface area contributed by atoms with Gasteiger partial charge < -0.3 is 10.1 Å². The lowest BCUT2D eigenvalue weighted by molar-refractivity contribution is -0.120. The molecule has 1 saturated heterocycles. The van der Waals surface area contributed by atoms with Crippen LogP contribution in [0.5, 0.6) is 5.75 Å². The van der Waals surface area contributed by atoms with E-state index in [9.17, 15) is 13.2 Å². The number of amides is 1. The SMILES string of the molecule is C=CCOc1ccc(NC(=O)C2CCN(S(=O)(=O)Cc3ccc(Cl)cc3Cl)CC2)cc1. The molecular weight excluding hydrogens is 459 g/mol. The smallest absolute Gasteiger partial charge is 0.227 e.